The van der Waals surface area contributed by atoms with E-state index in [1.54, 1.807) is 0 Å². The fourth-order valence-electron chi connectivity index (χ4n) is 3.72. The minimum absolute atomic E-state index is 0.0238. The van der Waals surface area contributed by atoms with Crippen LogP contribution in [-0.2, 0) is 14.3 Å². The minimum atomic E-state index is -0.225. The molecule has 0 amide bonds. The lowest BCUT2D eigenvalue weighted by Crippen LogP contribution is -2.23. The van der Waals surface area contributed by atoms with Gasteiger partial charge in [0, 0.05) is 17.9 Å². The van der Waals surface area contributed by atoms with Crippen LogP contribution in [0.2, 0.25) is 0 Å². The quantitative estimate of drug-likeness (QED) is 0.291. The smallest absolute Gasteiger partial charge is 0.334 e. The zero-order valence-electron chi connectivity index (χ0n) is 11.9. The lowest BCUT2D eigenvalue weighted by atomic mass is 9.82. The van der Waals surface area contributed by atoms with Gasteiger partial charge >= 0.3 is 5.97 Å². The monoisotopic (exact) mass is 262 g/mol. The first-order valence-corrected chi connectivity index (χ1v) is 7.14. The number of rotatable bonds is 0. The molecule has 3 rings (SSSR count). The van der Waals surface area contributed by atoms with E-state index >= 15 is 0 Å². The molecule has 2 heterocycles. The van der Waals surface area contributed by atoms with Gasteiger partial charge in [0.2, 0.25) is 0 Å². The fraction of sp³-hybridized carbons (Fsp3) is 0.688. The molecule has 2 fully saturated rings. The first-order chi connectivity index (χ1) is 8.89. The summed E-state index contributed by atoms with van der Waals surface area (Å²) in [5.74, 6) is 0.403. The summed E-state index contributed by atoms with van der Waals surface area (Å²) < 4.78 is 11.4. The molecule has 2 saturated heterocycles. The predicted octanol–water partition coefficient (Wildman–Crippen LogP) is 3.01. The van der Waals surface area contributed by atoms with Crippen molar-refractivity contribution in [1.29, 1.82) is 0 Å². The van der Waals surface area contributed by atoms with Crippen molar-refractivity contribution in [2.24, 2.45) is 11.8 Å². The Labute approximate surface area is 114 Å². The number of fused-ring (bicyclic) bond motifs is 2. The summed E-state index contributed by atoms with van der Waals surface area (Å²) in [7, 11) is 0. The number of epoxide rings is 1. The number of esters is 1. The van der Waals surface area contributed by atoms with Crippen LogP contribution in [0, 0.1) is 11.8 Å². The van der Waals surface area contributed by atoms with Gasteiger partial charge in [0.25, 0.3) is 0 Å². The number of hydrogen-bond donors (Lipinski definition) is 0. The van der Waals surface area contributed by atoms with E-state index in [0.717, 1.165) is 19.3 Å². The van der Waals surface area contributed by atoms with Gasteiger partial charge in [-0.1, -0.05) is 25.2 Å². The van der Waals surface area contributed by atoms with Crippen molar-refractivity contribution in [1.82, 2.24) is 0 Å². The van der Waals surface area contributed by atoms with Gasteiger partial charge in [0.05, 0.1) is 11.7 Å². The van der Waals surface area contributed by atoms with Crippen LogP contribution < -0.4 is 0 Å². The molecule has 19 heavy (non-hydrogen) atoms. The Balaban J connectivity index is 1.88. The van der Waals surface area contributed by atoms with Crippen molar-refractivity contribution in [2.45, 2.75) is 57.8 Å². The molecule has 3 heteroatoms. The third kappa shape index (κ3) is 2.25. The molecule has 0 spiro atoms. The van der Waals surface area contributed by atoms with Crippen LogP contribution in [0.25, 0.3) is 0 Å². The van der Waals surface area contributed by atoms with Crippen LogP contribution >= 0.6 is 0 Å². The molecular formula is C16H22O3. The number of allylic oxidation sites excluding steroid dienone is 1. The van der Waals surface area contributed by atoms with Gasteiger partial charge in [-0.05, 0) is 32.6 Å². The molecule has 1 aliphatic carbocycles. The van der Waals surface area contributed by atoms with Crippen molar-refractivity contribution < 1.29 is 14.3 Å². The first kappa shape index (κ1) is 12.9. The molecule has 0 bridgehead atoms. The summed E-state index contributed by atoms with van der Waals surface area (Å²) in [6.45, 7) is 10.4. The van der Waals surface area contributed by atoms with E-state index in [2.05, 4.69) is 33.4 Å². The van der Waals surface area contributed by atoms with Gasteiger partial charge in [0.1, 0.15) is 6.10 Å². The average molecular weight is 262 g/mol. The predicted molar refractivity (Wildman–Crippen MR) is 72.6 cm³/mol. The van der Waals surface area contributed by atoms with Crippen LogP contribution in [0.3, 0.4) is 0 Å². The highest BCUT2D eigenvalue weighted by Gasteiger charge is 2.55. The van der Waals surface area contributed by atoms with E-state index in [4.69, 9.17) is 9.47 Å². The van der Waals surface area contributed by atoms with E-state index in [1.807, 2.05) is 0 Å². The lowest BCUT2D eigenvalue weighted by molar-refractivity contribution is -0.139. The van der Waals surface area contributed by atoms with Crippen molar-refractivity contribution in [3.05, 3.63) is 23.8 Å². The third-order valence-electron chi connectivity index (χ3n) is 4.74. The Morgan fingerprint density at radius 2 is 2.21 bits per heavy atom. The molecule has 0 aromatic rings. The summed E-state index contributed by atoms with van der Waals surface area (Å²) in [6, 6.07) is 0. The highest BCUT2D eigenvalue weighted by molar-refractivity contribution is 5.90. The van der Waals surface area contributed by atoms with Gasteiger partial charge in [0.15, 0.2) is 0 Å². The number of ether oxygens (including phenoxy) is 2. The summed E-state index contributed by atoms with van der Waals surface area (Å²) in [5, 5.41) is 0. The maximum atomic E-state index is 11.7. The molecule has 0 aromatic heterocycles. The van der Waals surface area contributed by atoms with Crippen LogP contribution in [0.5, 0.6) is 0 Å². The van der Waals surface area contributed by atoms with Gasteiger partial charge in [-0.3, -0.25) is 0 Å². The Bertz CT molecular complexity index is 465. The van der Waals surface area contributed by atoms with Gasteiger partial charge in [-0.25, -0.2) is 4.79 Å². The van der Waals surface area contributed by atoms with E-state index in [1.165, 1.54) is 5.57 Å². The largest absolute Gasteiger partial charge is 0.458 e. The number of carbonyl (C=O) groups excluding carboxylic acids is 1. The molecule has 5 atom stereocenters. The molecule has 3 aliphatic rings. The second kappa shape index (κ2) is 4.20. The highest BCUT2D eigenvalue weighted by atomic mass is 16.6. The van der Waals surface area contributed by atoms with Crippen molar-refractivity contribution in [2.75, 3.05) is 0 Å². The average Bonchev–Trinajstić information content (AvgIpc) is 2.84. The summed E-state index contributed by atoms with van der Waals surface area (Å²) >= 11 is 0. The number of hydrogen-bond acceptors (Lipinski definition) is 3. The topological polar surface area (TPSA) is 38.8 Å². The molecule has 0 radical (unpaired) electrons. The third-order valence-corrected chi connectivity index (χ3v) is 4.74. The Morgan fingerprint density at radius 1 is 1.47 bits per heavy atom. The minimum Gasteiger partial charge on any atom is -0.458 e. The highest BCUT2D eigenvalue weighted by Crippen LogP contribution is 2.48. The van der Waals surface area contributed by atoms with E-state index in [-0.39, 0.29) is 29.7 Å². The normalized spacial score (nSPS) is 48.7. The summed E-state index contributed by atoms with van der Waals surface area (Å²) in [5.41, 5.74) is 1.90. The maximum Gasteiger partial charge on any atom is 0.334 e. The van der Waals surface area contributed by atoms with E-state index < -0.39 is 0 Å². The maximum absolute atomic E-state index is 11.7. The molecule has 0 unspecified atom stereocenters. The molecule has 0 N–H and O–H groups in total. The second-order valence-electron chi connectivity index (χ2n) is 6.63. The number of carbonyl (C=O) groups is 1. The van der Waals surface area contributed by atoms with Gasteiger partial charge < -0.3 is 9.47 Å². The zero-order chi connectivity index (χ0) is 13.8. The zero-order valence-corrected chi connectivity index (χ0v) is 11.9. The van der Waals surface area contributed by atoms with Crippen molar-refractivity contribution in [3.8, 4) is 0 Å². The molecule has 0 aromatic carbocycles. The SMILES string of the molecule is C=C1C(=O)O[C@@H]2C/C(C)=C/[C@H](C)C[C@@]3(C)O[C@H]3C[C@H]12. The van der Waals surface area contributed by atoms with Gasteiger partial charge in [-0.2, -0.15) is 0 Å². The van der Waals surface area contributed by atoms with Gasteiger partial charge in [-0.15, -0.1) is 0 Å². The second-order valence-corrected chi connectivity index (χ2v) is 6.63. The van der Waals surface area contributed by atoms with E-state index in [9.17, 15) is 4.79 Å². The fourth-order valence-corrected chi connectivity index (χ4v) is 3.72. The molecule has 104 valence electrons. The first-order valence-electron chi connectivity index (χ1n) is 7.14. The Hall–Kier alpha value is -1.09. The van der Waals surface area contributed by atoms with Crippen molar-refractivity contribution in [3.63, 3.8) is 0 Å². The Morgan fingerprint density at radius 3 is 2.95 bits per heavy atom. The molecule has 2 aliphatic heterocycles. The van der Waals surface area contributed by atoms with Crippen LogP contribution in [0.1, 0.15) is 40.0 Å². The molecule has 3 nitrogen and oxygen atoms in total. The lowest BCUT2D eigenvalue weighted by Gasteiger charge is -2.21. The van der Waals surface area contributed by atoms with Crippen LogP contribution in [0.4, 0.5) is 0 Å². The molecular weight excluding hydrogens is 240 g/mol. The van der Waals surface area contributed by atoms with Crippen LogP contribution in [0.15, 0.2) is 23.8 Å². The van der Waals surface area contributed by atoms with Crippen molar-refractivity contribution >= 4 is 5.97 Å². The van der Waals surface area contributed by atoms with E-state index in [0.29, 0.717) is 11.5 Å². The molecule has 0 saturated carbocycles. The van der Waals surface area contributed by atoms with Crippen LogP contribution in [-0.4, -0.2) is 23.8 Å². The Kier molecular flexibility index (Phi) is 2.86. The summed E-state index contributed by atoms with van der Waals surface area (Å²) in [6.07, 6.45) is 5.24. The summed E-state index contributed by atoms with van der Waals surface area (Å²) in [4.78, 5) is 11.7. The standard InChI is InChI=1S/C16H22O3/c1-9-5-10(2)8-16(4)14(19-16)7-12-11(3)15(17)18-13(12)6-9/h5,10,12-14H,3,6-8H2,1-2,4H3/b9-5+/t10-,12+,13+,14-,16+/m0/s1.